The van der Waals surface area contributed by atoms with E-state index in [1.54, 1.807) is 7.11 Å². The summed E-state index contributed by atoms with van der Waals surface area (Å²) in [4.78, 5) is 0.189. The van der Waals surface area contributed by atoms with Crippen LogP contribution in [0.2, 0.25) is 0 Å². The second-order valence-corrected chi connectivity index (χ2v) is 7.78. The summed E-state index contributed by atoms with van der Waals surface area (Å²) in [5, 5.41) is 7.50. The molecule has 2 unspecified atom stereocenters. The zero-order valence-corrected chi connectivity index (χ0v) is 16.0. The Hall–Kier alpha value is -1.61. The zero-order valence-electron chi connectivity index (χ0n) is 14.4. The molecule has 1 N–H and O–H groups in total. The van der Waals surface area contributed by atoms with Gasteiger partial charge >= 0.3 is 0 Å². The van der Waals surface area contributed by atoms with Crippen molar-refractivity contribution < 1.29 is 13.2 Å². The third kappa shape index (κ3) is 3.67. The first kappa shape index (κ1) is 19.7. The summed E-state index contributed by atoms with van der Waals surface area (Å²) in [5.41, 5.74) is 0.697. The summed E-state index contributed by atoms with van der Waals surface area (Å²) in [6.45, 7) is 5.00. The Morgan fingerprint density at radius 2 is 2.00 bits per heavy atom. The van der Waals surface area contributed by atoms with Gasteiger partial charge in [0, 0.05) is 25.2 Å². The highest BCUT2D eigenvalue weighted by Crippen LogP contribution is 2.25. The van der Waals surface area contributed by atoms with Crippen LogP contribution < -0.4 is 10.1 Å². The molecule has 1 aromatic heterocycles. The van der Waals surface area contributed by atoms with Crippen LogP contribution in [0.4, 0.5) is 0 Å². The van der Waals surface area contributed by atoms with Gasteiger partial charge in [-0.2, -0.15) is 9.40 Å². The number of para-hydroxylation sites is 2. The summed E-state index contributed by atoms with van der Waals surface area (Å²) in [6.07, 6.45) is 2.92. The standard InChI is InChI=1S/C16H22N4O3S.ClH/c1-12-13(2)20(9-8-17-12)24(21,22)14-10-18-19(11-14)15-6-4-5-7-16(15)23-3;/h4-7,10-13,17H,8-9H2,1-3H3;1H. The minimum absolute atomic E-state index is 0. The minimum atomic E-state index is -3.58. The summed E-state index contributed by atoms with van der Waals surface area (Å²) in [6, 6.07) is 7.35. The molecule has 2 heterocycles. The maximum atomic E-state index is 13.0. The summed E-state index contributed by atoms with van der Waals surface area (Å²) in [5.74, 6) is 0.633. The minimum Gasteiger partial charge on any atom is -0.494 e. The quantitative estimate of drug-likeness (QED) is 0.865. The highest BCUT2D eigenvalue weighted by molar-refractivity contribution is 7.89. The molecular weight excluding hydrogens is 364 g/mol. The molecule has 25 heavy (non-hydrogen) atoms. The number of hydrogen-bond acceptors (Lipinski definition) is 5. The smallest absolute Gasteiger partial charge is 0.246 e. The van der Waals surface area contributed by atoms with Gasteiger partial charge in [0.25, 0.3) is 0 Å². The Balaban J connectivity index is 0.00000225. The van der Waals surface area contributed by atoms with Crippen LogP contribution >= 0.6 is 12.4 Å². The topological polar surface area (TPSA) is 76.5 Å². The molecule has 0 saturated carbocycles. The molecule has 2 aromatic rings. The highest BCUT2D eigenvalue weighted by atomic mass is 35.5. The normalized spacial score (nSPS) is 21.6. The Labute approximate surface area is 154 Å². The van der Waals surface area contributed by atoms with Crippen molar-refractivity contribution in [1.29, 1.82) is 0 Å². The first-order valence-electron chi connectivity index (χ1n) is 7.88. The van der Waals surface area contributed by atoms with Gasteiger partial charge < -0.3 is 10.1 Å². The molecule has 1 aliphatic rings. The lowest BCUT2D eigenvalue weighted by atomic mass is 10.1. The van der Waals surface area contributed by atoms with Crippen molar-refractivity contribution >= 4 is 22.4 Å². The molecule has 2 atom stereocenters. The van der Waals surface area contributed by atoms with E-state index in [0.29, 0.717) is 24.5 Å². The number of rotatable bonds is 4. The third-order valence-corrected chi connectivity index (χ3v) is 6.41. The molecule has 9 heteroatoms. The Bertz CT molecular complexity index is 824. The molecule has 138 valence electrons. The number of methoxy groups -OCH3 is 1. The SMILES string of the molecule is COc1ccccc1-n1cc(S(=O)(=O)N2CCNC(C)C2C)cn1.Cl. The average molecular weight is 387 g/mol. The lowest BCUT2D eigenvalue weighted by molar-refractivity contribution is 0.233. The van der Waals surface area contributed by atoms with Gasteiger partial charge in [-0.15, -0.1) is 12.4 Å². The molecule has 1 fully saturated rings. The third-order valence-electron chi connectivity index (χ3n) is 4.47. The van der Waals surface area contributed by atoms with E-state index >= 15 is 0 Å². The van der Waals surface area contributed by atoms with E-state index < -0.39 is 10.0 Å². The molecule has 1 aliphatic heterocycles. The Morgan fingerprint density at radius 3 is 2.72 bits per heavy atom. The van der Waals surface area contributed by atoms with Crippen LogP contribution in [-0.2, 0) is 10.0 Å². The summed E-state index contributed by atoms with van der Waals surface area (Å²) in [7, 11) is -2.01. The van der Waals surface area contributed by atoms with Gasteiger partial charge in [-0.05, 0) is 26.0 Å². The predicted molar refractivity (Wildman–Crippen MR) is 98.2 cm³/mol. The first-order chi connectivity index (χ1) is 11.4. The molecule has 1 saturated heterocycles. The second kappa shape index (κ2) is 7.74. The molecule has 0 spiro atoms. The molecule has 0 bridgehead atoms. The summed E-state index contributed by atoms with van der Waals surface area (Å²) >= 11 is 0. The van der Waals surface area contributed by atoms with Gasteiger partial charge in [-0.1, -0.05) is 12.1 Å². The molecule has 0 aliphatic carbocycles. The number of ether oxygens (including phenoxy) is 1. The number of benzene rings is 1. The molecule has 7 nitrogen and oxygen atoms in total. The largest absolute Gasteiger partial charge is 0.494 e. The van der Waals surface area contributed by atoms with Crippen molar-refractivity contribution in [3.63, 3.8) is 0 Å². The molecular formula is C16H23ClN4O3S. The lowest BCUT2D eigenvalue weighted by Crippen LogP contribution is -2.56. The number of nitrogens with one attached hydrogen (secondary N) is 1. The van der Waals surface area contributed by atoms with Gasteiger partial charge in [-0.3, -0.25) is 0 Å². The van der Waals surface area contributed by atoms with Crippen LogP contribution in [0.25, 0.3) is 5.69 Å². The van der Waals surface area contributed by atoms with Crippen molar-refractivity contribution in [1.82, 2.24) is 19.4 Å². The van der Waals surface area contributed by atoms with Gasteiger partial charge in [-0.25, -0.2) is 13.1 Å². The van der Waals surface area contributed by atoms with E-state index in [1.807, 2.05) is 38.1 Å². The number of hydrogen-bond donors (Lipinski definition) is 1. The summed E-state index contributed by atoms with van der Waals surface area (Å²) < 4.78 is 34.3. The van der Waals surface area contributed by atoms with E-state index in [9.17, 15) is 8.42 Å². The van der Waals surface area contributed by atoms with Crippen molar-refractivity contribution in [3.05, 3.63) is 36.7 Å². The maximum Gasteiger partial charge on any atom is 0.246 e. The number of sulfonamides is 1. The number of aromatic nitrogens is 2. The van der Waals surface area contributed by atoms with Crippen LogP contribution in [0, 0.1) is 0 Å². The van der Waals surface area contributed by atoms with Crippen molar-refractivity contribution in [2.24, 2.45) is 0 Å². The molecule has 0 amide bonds. The van der Waals surface area contributed by atoms with Gasteiger partial charge in [0.2, 0.25) is 10.0 Å². The van der Waals surface area contributed by atoms with Crippen molar-refractivity contribution in [3.8, 4) is 11.4 Å². The Morgan fingerprint density at radius 1 is 1.28 bits per heavy atom. The monoisotopic (exact) mass is 386 g/mol. The van der Waals surface area contributed by atoms with Gasteiger partial charge in [0.15, 0.2) is 0 Å². The molecule has 1 aromatic carbocycles. The van der Waals surface area contributed by atoms with Crippen LogP contribution in [-0.4, -0.2) is 54.8 Å². The molecule has 0 radical (unpaired) electrons. The lowest BCUT2D eigenvalue weighted by Gasteiger charge is -2.37. The van der Waals surface area contributed by atoms with Crippen LogP contribution in [0.5, 0.6) is 5.75 Å². The predicted octanol–water partition coefficient (Wildman–Crippen LogP) is 1.67. The molecule has 3 rings (SSSR count). The van der Waals surface area contributed by atoms with Crippen molar-refractivity contribution in [2.45, 2.75) is 30.8 Å². The van der Waals surface area contributed by atoms with E-state index in [1.165, 1.54) is 21.4 Å². The van der Waals surface area contributed by atoms with Crippen LogP contribution in [0.3, 0.4) is 0 Å². The van der Waals surface area contributed by atoms with Crippen molar-refractivity contribution in [2.75, 3.05) is 20.2 Å². The fourth-order valence-corrected chi connectivity index (χ4v) is 4.53. The fraction of sp³-hybridized carbons (Fsp3) is 0.438. The number of piperazine rings is 1. The fourth-order valence-electron chi connectivity index (χ4n) is 2.89. The highest BCUT2D eigenvalue weighted by Gasteiger charge is 2.35. The average Bonchev–Trinajstić information content (AvgIpc) is 3.08. The van der Waals surface area contributed by atoms with E-state index in [2.05, 4.69) is 10.4 Å². The second-order valence-electron chi connectivity index (χ2n) is 5.89. The maximum absolute atomic E-state index is 13.0. The number of halogens is 1. The first-order valence-corrected chi connectivity index (χ1v) is 9.32. The van der Waals surface area contributed by atoms with Gasteiger partial charge in [0.05, 0.1) is 19.5 Å². The van der Waals surface area contributed by atoms with E-state index in [4.69, 9.17) is 4.74 Å². The van der Waals surface area contributed by atoms with Crippen LogP contribution in [0.15, 0.2) is 41.6 Å². The van der Waals surface area contributed by atoms with E-state index in [0.717, 1.165) is 0 Å². The van der Waals surface area contributed by atoms with Crippen LogP contribution in [0.1, 0.15) is 13.8 Å². The van der Waals surface area contributed by atoms with Gasteiger partial charge in [0.1, 0.15) is 16.3 Å². The van der Waals surface area contributed by atoms with E-state index in [-0.39, 0.29) is 29.4 Å². The Kier molecular flexibility index (Phi) is 6.10. The number of nitrogens with zero attached hydrogens (tertiary/aromatic N) is 3. The zero-order chi connectivity index (χ0) is 17.3.